The molecule has 1 aliphatic heterocycles. The summed E-state index contributed by atoms with van der Waals surface area (Å²) in [6.07, 6.45) is 6.52. The van der Waals surface area contributed by atoms with Crippen molar-refractivity contribution in [3.8, 4) is 5.75 Å². The van der Waals surface area contributed by atoms with Crippen LogP contribution in [0.5, 0.6) is 5.75 Å². The first-order chi connectivity index (χ1) is 20.2. The molecule has 1 aromatic heterocycles. The molecule has 2 fully saturated rings. The van der Waals surface area contributed by atoms with Gasteiger partial charge in [-0.2, -0.15) is 0 Å². The van der Waals surface area contributed by atoms with Crippen molar-refractivity contribution in [2.45, 2.75) is 111 Å². The first-order valence-corrected chi connectivity index (χ1v) is 14.9. The van der Waals surface area contributed by atoms with Gasteiger partial charge >= 0.3 is 6.09 Å². The highest BCUT2D eigenvalue weighted by Gasteiger charge is 2.29. The molecule has 2 aliphatic rings. The topological polar surface area (TPSA) is 150 Å². The molecule has 0 bridgehead atoms. The molecule has 1 saturated carbocycles. The Morgan fingerprint density at radius 2 is 1.79 bits per heavy atom. The predicted octanol–water partition coefficient (Wildman–Crippen LogP) is 4.68. The van der Waals surface area contributed by atoms with Gasteiger partial charge in [0.2, 0.25) is 12.8 Å². The molecule has 0 radical (unpaired) electrons. The number of aliphatic hydroxyl groups excluding tert-OH is 1. The third-order valence-corrected chi connectivity index (χ3v) is 5.74. The molecule has 0 spiro atoms. The van der Waals surface area contributed by atoms with Gasteiger partial charge in [-0.05, 0) is 96.9 Å². The maximum atomic E-state index is 11.6. The van der Waals surface area contributed by atoms with Gasteiger partial charge in [0.05, 0.1) is 13.2 Å². The Bertz CT molecular complexity index is 1140. The SMILES string of the molecule is CC(O)CNC=O.CC1CCCN1C(=O)OC(C)(C)C.CCC.COc1ccc2c(=O)[nH]c(C)cc2c1.O=CNC1CC1. The number of fused-ring (bicyclic) bond motifs is 1. The van der Waals surface area contributed by atoms with Crippen molar-refractivity contribution in [2.75, 3.05) is 20.2 Å². The highest BCUT2D eigenvalue weighted by molar-refractivity contribution is 5.83. The van der Waals surface area contributed by atoms with E-state index in [4.69, 9.17) is 14.6 Å². The average Bonchev–Trinajstić information content (AvgIpc) is 3.64. The van der Waals surface area contributed by atoms with Crippen molar-refractivity contribution in [1.29, 1.82) is 0 Å². The molecule has 1 aliphatic carbocycles. The van der Waals surface area contributed by atoms with Crippen LogP contribution in [0.15, 0.2) is 29.1 Å². The molecule has 43 heavy (non-hydrogen) atoms. The number of methoxy groups -OCH3 is 1. The molecule has 4 rings (SSSR count). The number of aromatic nitrogens is 1. The maximum Gasteiger partial charge on any atom is 0.410 e. The number of aliphatic hydroxyl groups is 1. The minimum atomic E-state index is -0.440. The average molecular weight is 607 g/mol. The molecular formula is C32H54N4O7. The summed E-state index contributed by atoms with van der Waals surface area (Å²) in [7, 11) is 1.61. The Labute approximate surface area is 256 Å². The van der Waals surface area contributed by atoms with E-state index >= 15 is 0 Å². The van der Waals surface area contributed by atoms with E-state index in [2.05, 4.69) is 36.4 Å². The van der Waals surface area contributed by atoms with Gasteiger partial charge in [0.1, 0.15) is 11.4 Å². The Morgan fingerprint density at radius 1 is 1.16 bits per heavy atom. The van der Waals surface area contributed by atoms with E-state index in [-0.39, 0.29) is 17.3 Å². The maximum absolute atomic E-state index is 11.6. The lowest BCUT2D eigenvalue weighted by atomic mass is 10.1. The third-order valence-electron chi connectivity index (χ3n) is 5.74. The number of ether oxygens (including phenoxy) is 2. The normalized spacial score (nSPS) is 15.8. The van der Waals surface area contributed by atoms with Crippen molar-refractivity contribution in [3.63, 3.8) is 0 Å². The molecule has 2 aromatic rings. The number of benzene rings is 1. The second-order valence-electron chi connectivity index (χ2n) is 11.5. The van der Waals surface area contributed by atoms with Gasteiger partial charge in [-0.3, -0.25) is 14.4 Å². The number of aryl methyl sites for hydroxylation is 1. The fourth-order valence-electron chi connectivity index (χ4n) is 3.60. The molecule has 11 heteroatoms. The molecule has 244 valence electrons. The van der Waals surface area contributed by atoms with E-state index in [0.717, 1.165) is 42.6 Å². The Kier molecular flexibility index (Phi) is 19.4. The molecule has 1 saturated heterocycles. The van der Waals surface area contributed by atoms with Crippen LogP contribution in [0.3, 0.4) is 0 Å². The highest BCUT2D eigenvalue weighted by atomic mass is 16.6. The van der Waals surface area contributed by atoms with Gasteiger partial charge in [-0.25, -0.2) is 4.79 Å². The zero-order valence-electron chi connectivity index (χ0n) is 27.5. The van der Waals surface area contributed by atoms with Gasteiger partial charge in [-0.1, -0.05) is 20.3 Å². The van der Waals surface area contributed by atoms with Crippen LogP contribution in [0.2, 0.25) is 0 Å². The zero-order valence-corrected chi connectivity index (χ0v) is 27.5. The number of nitrogens with one attached hydrogen (secondary N) is 3. The van der Waals surface area contributed by atoms with Crippen molar-refractivity contribution < 1.29 is 29.0 Å². The lowest BCUT2D eigenvalue weighted by molar-refractivity contribution is -0.110. The number of likely N-dealkylation sites (tertiary alicyclic amines) is 1. The zero-order chi connectivity index (χ0) is 33.0. The quantitative estimate of drug-likeness (QED) is 0.349. The highest BCUT2D eigenvalue weighted by Crippen LogP contribution is 2.20. The molecule has 2 atom stereocenters. The van der Waals surface area contributed by atoms with Gasteiger partial charge < -0.3 is 35.1 Å². The number of rotatable bonds is 6. The van der Waals surface area contributed by atoms with Gasteiger partial charge in [0, 0.05) is 36.3 Å². The van der Waals surface area contributed by atoms with Crippen LogP contribution in [0.25, 0.3) is 10.8 Å². The van der Waals surface area contributed by atoms with E-state index in [1.165, 1.54) is 19.3 Å². The largest absolute Gasteiger partial charge is 0.497 e. The summed E-state index contributed by atoms with van der Waals surface area (Å²) < 4.78 is 10.4. The number of nitrogens with zero attached hydrogens (tertiary/aromatic N) is 1. The fourth-order valence-corrected chi connectivity index (χ4v) is 3.60. The number of hydrogen-bond acceptors (Lipinski definition) is 7. The minimum absolute atomic E-state index is 0.0531. The third kappa shape index (κ3) is 18.5. The lowest BCUT2D eigenvalue weighted by Crippen LogP contribution is -2.38. The smallest absolute Gasteiger partial charge is 0.410 e. The Morgan fingerprint density at radius 3 is 2.19 bits per heavy atom. The summed E-state index contributed by atoms with van der Waals surface area (Å²) in [6, 6.07) is 8.22. The first-order valence-electron chi connectivity index (χ1n) is 14.9. The molecule has 3 amide bonds. The van der Waals surface area contributed by atoms with E-state index in [0.29, 0.717) is 30.4 Å². The number of hydrogen-bond donors (Lipinski definition) is 4. The predicted molar refractivity (Wildman–Crippen MR) is 171 cm³/mol. The van der Waals surface area contributed by atoms with Crippen molar-refractivity contribution >= 4 is 29.7 Å². The van der Waals surface area contributed by atoms with Crippen molar-refractivity contribution in [3.05, 3.63) is 40.3 Å². The number of carbonyl (C=O) groups is 3. The minimum Gasteiger partial charge on any atom is -0.497 e. The summed E-state index contributed by atoms with van der Waals surface area (Å²) >= 11 is 0. The summed E-state index contributed by atoms with van der Waals surface area (Å²) in [5, 5.41) is 15.0. The lowest BCUT2D eigenvalue weighted by Gasteiger charge is -2.26. The van der Waals surface area contributed by atoms with Crippen LogP contribution in [-0.4, -0.2) is 77.9 Å². The standard InChI is InChI=1S/C11H11NO2.C10H19NO2.C4H9NO2.C4H7NO.C3H8/c1-7-5-8-6-9(14-2)3-4-10(8)11(13)12-7;1-8-6-5-7-11(8)9(12)13-10(2,3)4;1-4(7)2-5-3-6;6-3-5-4-1-2-4;1-3-2/h3-6H,1-2H3,(H,12,13);8H,5-7H2,1-4H3;3-4,7H,2H2,1H3,(H,5,6);3-4H,1-2H2,(H,5,6);3H2,1-2H3. The second kappa shape index (κ2) is 21.1. The van der Waals surface area contributed by atoms with Crippen LogP contribution in [0, 0.1) is 6.92 Å². The van der Waals surface area contributed by atoms with Gasteiger partial charge in [0.15, 0.2) is 0 Å². The Hall–Kier alpha value is -3.60. The monoisotopic (exact) mass is 606 g/mol. The van der Waals surface area contributed by atoms with Crippen molar-refractivity contribution in [1.82, 2.24) is 20.5 Å². The van der Waals surface area contributed by atoms with Gasteiger partial charge in [0.25, 0.3) is 5.56 Å². The van der Waals surface area contributed by atoms with E-state index in [1.54, 1.807) is 26.2 Å². The van der Waals surface area contributed by atoms with E-state index < -0.39 is 6.10 Å². The molecular weight excluding hydrogens is 552 g/mol. The number of aromatic amines is 1. The number of pyridine rings is 1. The van der Waals surface area contributed by atoms with Crippen LogP contribution < -0.4 is 20.9 Å². The summed E-state index contributed by atoms with van der Waals surface area (Å²) in [5.41, 5.74) is 0.428. The van der Waals surface area contributed by atoms with Gasteiger partial charge in [-0.15, -0.1) is 0 Å². The second-order valence-corrected chi connectivity index (χ2v) is 11.5. The van der Waals surface area contributed by atoms with E-state index in [9.17, 15) is 19.2 Å². The van der Waals surface area contributed by atoms with Crippen LogP contribution >= 0.6 is 0 Å². The number of H-pyrrole nitrogens is 1. The first kappa shape index (κ1) is 39.4. The number of carbonyl (C=O) groups excluding carboxylic acids is 3. The molecule has 4 N–H and O–H groups in total. The summed E-state index contributed by atoms with van der Waals surface area (Å²) in [6.45, 7) is 16.6. The molecule has 2 heterocycles. The fraction of sp³-hybridized carbons (Fsp3) is 0.625. The van der Waals surface area contributed by atoms with Crippen LogP contribution in [-0.2, 0) is 14.3 Å². The molecule has 1 aromatic carbocycles. The van der Waals surface area contributed by atoms with Crippen LogP contribution in [0.1, 0.15) is 86.3 Å². The van der Waals surface area contributed by atoms with Crippen LogP contribution in [0.4, 0.5) is 4.79 Å². The summed E-state index contributed by atoms with van der Waals surface area (Å²) in [4.78, 5) is 46.7. The molecule has 2 unspecified atom stereocenters. The molecule has 11 nitrogen and oxygen atoms in total. The van der Waals surface area contributed by atoms with Crippen molar-refractivity contribution in [2.24, 2.45) is 0 Å². The Balaban J connectivity index is 0.000000558. The summed E-state index contributed by atoms with van der Waals surface area (Å²) in [5.74, 6) is 0.766. The van der Waals surface area contributed by atoms with E-state index in [1.807, 2.05) is 44.7 Å². The number of amides is 3.